The van der Waals surface area contributed by atoms with E-state index in [2.05, 4.69) is 61.4 Å². The van der Waals surface area contributed by atoms with Crippen molar-refractivity contribution in [3.63, 3.8) is 0 Å². The quantitative estimate of drug-likeness (QED) is 0.449. The fourth-order valence-corrected chi connectivity index (χ4v) is 3.59. The van der Waals surface area contributed by atoms with Crippen molar-refractivity contribution >= 4 is 16.6 Å². The van der Waals surface area contributed by atoms with E-state index in [0.29, 0.717) is 0 Å². The first-order chi connectivity index (χ1) is 13.5. The fraction of sp³-hybridized carbons (Fsp3) is 0.208. The van der Waals surface area contributed by atoms with Gasteiger partial charge < -0.3 is 10.3 Å². The van der Waals surface area contributed by atoms with Crippen LogP contribution in [0, 0.1) is 26.6 Å². The lowest BCUT2D eigenvalue weighted by Crippen LogP contribution is -2.16. The lowest BCUT2D eigenvalue weighted by molar-refractivity contribution is 0.627. The number of aryl methyl sites for hydroxylation is 3. The van der Waals surface area contributed by atoms with E-state index >= 15 is 0 Å². The van der Waals surface area contributed by atoms with E-state index in [0.717, 1.165) is 29.0 Å². The molecule has 1 unspecified atom stereocenters. The van der Waals surface area contributed by atoms with Crippen molar-refractivity contribution in [1.82, 2.24) is 9.97 Å². The molecule has 0 saturated carbocycles. The molecule has 0 spiro atoms. The molecule has 4 heteroatoms. The maximum atomic E-state index is 13.3. The van der Waals surface area contributed by atoms with E-state index in [1.54, 1.807) is 12.1 Å². The molecule has 0 radical (unpaired) electrons. The molecule has 2 heterocycles. The van der Waals surface area contributed by atoms with E-state index in [1.165, 1.54) is 34.2 Å². The zero-order chi connectivity index (χ0) is 19.7. The van der Waals surface area contributed by atoms with Gasteiger partial charge in [-0.3, -0.25) is 4.98 Å². The van der Waals surface area contributed by atoms with Crippen LogP contribution in [-0.4, -0.2) is 9.97 Å². The summed E-state index contributed by atoms with van der Waals surface area (Å²) in [6.07, 6.45) is 2.65. The van der Waals surface area contributed by atoms with Crippen molar-refractivity contribution in [3.8, 4) is 0 Å². The van der Waals surface area contributed by atoms with E-state index < -0.39 is 0 Å². The molecule has 2 aromatic carbocycles. The minimum atomic E-state index is -0.239. The number of hydrogen-bond acceptors (Lipinski definition) is 2. The summed E-state index contributed by atoms with van der Waals surface area (Å²) in [6.45, 7) is 6.30. The summed E-state index contributed by atoms with van der Waals surface area (Å²) in [5, 5.41) is 4.75. The predicted octanol–water partition coefficient (Wildman–Crippen LogP) is 6.02. The van der Waals surface area contributed by atoms with Crippen LogP contribution in [-0.2, 0) is 6.42 Å². The Bertz CT molecular complexity index is 1050. The molecule has 2 aromatic heterocycles. The number of aromatic amines is 1. The number of benzene rings is 2. The highest BCUT2D eigenvalue weighted by atomic mass is 19.1. The van der Waals surface area contributed by atoms with Crippen molar-refractivity contribution in [2.75, 3.05) is 5.32 Å². The lowest BCUT2D eigenvalue weighted by atomic mass is 9.99. The molecular weight excluding hydrogens is 349 g/mol. The third-order valence-electron chi connectivity index (χ3n) is 5.33. The van der Waals surface area contributed by atoms with Crippen molar-refractivity contribution in [3.05, 3.63) is 94.7 Å². The summed E-state index contributed by atoms with van der Waals surface area (Å²) in [4.78, 5) is 8.22. The highest BCUT2D eigenvalue weighted by molar-refractivity contribution is 5.86. The standard InChI is InChI=1S/C24H24FN3/c1-15-4-6-18(7-5-15)14-22(28-20-10-8-19(25)9-11-20)24-23-21(12-13-26-24)16(2)17(3)27-23/h4-13,22,27-28H,14H2,1-3H3. The van der Waals surface area contributed by atoms with Gasteiger partial charge in [0.1, 0.15) is 5.82 Å². The molecule has 0 saturated heterocycles. The van der Waals surface area contributed by atoms with Crippen molar-refractivity contribution in [2.45, 2.75) is 33.2 Å². The predicted molar refractivity (Wildman–Crippen MR) is 113 cm³/mol. The van der Waals surface area contributed by atoms with Crippen molar-refractivity contribution in [2.24, 2.45) is 0 Å². The number of aromatic nitrogens is 2. The molecule has 4 rings (SSSR count). The van der Waals surface area contributed by atoms with Gasteiger partial charge in [-0.05, 0) is 68.7 Å². The third-order valence-corrected chi connectivity index (χ3v) is 5.33. The minimum absolute atomic E-state index is 0.0469. The molecular formula is C24H24FN3. The molecule has 0 fully saturated rings. The highest BCUT2D eigenvalue weighted by Gasteiger charge is 2.19. The van der Waals surface area contributed by atoms with Gasteiger partial charge in [-0.15, -0.1) is 0 Å². The van der Waals surface area contributed by atoms with Crippen LogP contribution in [0.5, 0.6) is 0 Å². The van der Waals surface area contributed by atoms with Gasteiger partial charge in [-0.25, -0.2) is 4.39 Å². The number of rotatable bonds is 5. The van der Waals surface area contributed by atoms with Crippen LogP contribution in [0.15, 0.2) is 60.8 Å². The first-order valence-electron chi connectivity index (χ1n) is 9.52. The van der Waals surface area contributed by atoms with Gasteiger partial charge in [-0.1, -0.05) is 29.8 Å². The SMILES string of the molecule is Cc1ccc(CC(Nc2ccc(F)cc2)c2nccc3c(C)c(C)[nH]c23)cc1. The van der Waals surface area contributed by atoms with E-state index in [4.69, 9.17) is 4.98 Å². The molecule has 0 amide bonds. The molecule has 28 heavy (non-hydrogen) atoms. The van der Waals surface area contributed by atoms with Gasteiger partial charge in [0.05, 0.1) is 17.3 Å². The smallest absolute Gasteiger partial charge is 0.123 e. The number of pyridine rings is 1. The van der Waals surface area contributed by atoms with Crippen LogP contribution in [0.2, 0.25) is 0 Å². The van der Waals surface area contributed by atoms with Crippen molar-refractivity contribution in [1.29, 1.82) is 0 Å². The van der Waals surface area contributed by atoms with Crippen molar-refractivity contribution < 1.29 is 4.39 Å². The van der Waals surface area contributed by atoms with E-state index in [-0.39, 0.29) is 11.9 Å². The second-order valence-corrected chi connectivity index (χ2v) is 7.39. The Hall–Kier alpha value is -3.14. The number of nitrogens with one attached hydrogen (secondary N) is 2. The Balaban J connectivity index is 1.76. The van der Waals surface area contributed by atoms with E-state index in [9.17, 15) is 4.39 Å². The molecule has 142 valence electrons. The molecule has 2 N–H and O–H groups in total. The van der Waals surface area contributed by atoms with E-state index in [1.807, 2.05) is 6.20 Å². The van der Waals surface area contributed by atoms with Gasteiger partial charge in [0.15, 0.2) is 0 Å². The molecule has 0 aliphatic rings. The molecule has 0 bridgehead atoms. The largest absolute Gasteiger partial charge is 0.376 e. The molecule has 0 aliphatic carbocycles. The monoisotopic (exact) mass is 373 g/mol. The Labute approximate surface area is 164 Å². The number of halogens is 1. The van der Waals surface area contributed by atoms with Gasteiger partial charge >= 0.3 is 0 Å². The van der Waals surface area contributed by atoms with Crippen LogP contribution in [0.4, 0.5) is 10.1 Å². The summed E-state index contributed by atoms with van der Waals surface area (Å²) < 4.78 is 13.3. The number of fused-ring (bicyclic) bond motifs is 1. The number of anilines is 1. The zero-order valence-electron chi connectivity index (χ0n) is 16.4. The Morgan fingerprint density at radius 1 is 0.964 bits per heavy atom. The van der Waals surface area contributed by atoms with Gasteiger partial charge in [0.2, 0.25) is 0 Å². The molecule has 4 aromatic rings. The van der Waals surface area contributed by atoms with Crippen LogP contribution < -0.4 is 5.32 Å². The Morgan fingerprint density at radius 3 is 2.39 bits per heavy atom. The van der Waals surface area contributed by atoms with Gasteiger partial charge in [0.25, 0.3) is 0 Å². The summed E-state index contributed by atoms with van der Waals surface area (Å²) in [5.41, 5.74) is 7.77. The van der Waals surface area contributed by atoms with Gasteiger partial charge in [0, 0.05) is 23.0 Å². The van der Waals surface area contributed by atoms with Crippen LogP contribution >= 0.6 is 0 Å². The molecule has 3 nitrogen and oxygen atoms in total. The second kappa shape index (κ2) is 7.47. The maximum absolute atomic E-state index is 13.3. The normalized spacial score (nSPS) is 12.3. The van der Waals surface area contributed by atoms with Crippen LogP contribution in [0.1, 0.15) is 34.1 Å². The Kier molecular flexibility index (Phi) is 4.86. The third kappa shape index (κ3) is 3.63. The minimum Gasteiger partial charge on any atom is -0.376 e. The average Bonchev–Trinajstić information content (AvgIpc) is 2.99. The maximum Gasteiger partial charge on any atom is 0.123 e. The highest BCUT2D eigenvalue weighted by Crippen LogP contribution is 2.30. The summed E-state index contributed by atoms with van der Waals surface area (Å²) >= 11 is 0. The first-order valence-corrected chi connectivity index (χ1v) is 9.52. The first kappa shape index (κ1) is 18.2. The van der Waals surface area contributed by atoms with Crippen LogP contribution in [0.3, 0.4) is 0 Å². The summed E-state index contributed by atoms with van der Waals surface area (Å²) in [6, 6.07) is 17.0. The summed E-state index contributed by atoms with van der Waals surface area (Å²) in [7, 11) is 0. The Morgan fingerprint density at radius 2 is 1.68 bits per heavy atom. The average molecular weight is 373 g/mol. The molecule has 1 atom stereocenters. The lowest BCUT2D eigenvalue weighted by Gasteiger charge is -2.21. The fourth-order valence-electron chi connectivity index (χ4n) is 3.59. The number of hydrogen-bond donors (Lipinski definition) is 2. The van der Waals surface area contributed by atoms with Gasteiger partial charge in [-0.2, -0.15) is 0 Å². The zero-order valence-corrected chi connectivity index (χ0v) is 16.4. The number of nitrogens with zero attached hydrogens (tertiary/aromatic N) is 1. The topological polar surface area (TPSA) is 40.7 Å². The summed E-state index contributed by atoms with van der Waals surface area (Å²) in [5.74, 6) is -0.239. The second-order valence-electron chi connectivity index (χ2n) is 7.39. The number of H-pyrrole nitrogens is 1. The molecule has 0 aliphatic heterocycles. The van der Waals surface area contributed by atoms with Crippen LogP contribution in [0.25, 0.3) is 10.9 Å².